The lowest BCUT2D eigenvalue weighted by Crippen LogP contribution is -2.27. The maximum atomic E-state index is 11.7. The smallest absolute Gasteiger partial charge is 0.222 e. The van der Waals surface area contributed by atoms with Crippen LogP contribution in [0.2, 0.25) is 0 Å². The van der Waals surface area contributed by atoms with Gasteiger partial charge in [0.1, 0.15) is 0 Å². The normalized spacial score (nSPS) is 15.8. The number of hydrogen-bond acceptors (Lipinski definition) is 2. The van der Waals surface area contributed by atoms with E-state index in [9.17, 15) is 4.79 Å². The summed E-state index contributed by atoms with van der Waals surface area (Å²) >= 11 is 0. The Kier molecular flexibility index (Phi) is 7.25. The number of ether oxygens (including phenoxy) is 1. The number of carbonyl (C=O) groups is 1. The first-order valence-electron chi connectivity index (χ1n) is 7.09. The molecule has 1 rings (SSSR count). The van der Waals surface area contributed by atoms with Crippen molar-refractivity contribution in [2.75, 3.05) is 19.7 Å². The molecule has 0 spiro atoms. The molecule has 1 amide bonds. The Morgan fingerprint density at radius 2 is 1.76 bits per heavy atom. The lowest BCUT2D eigenvalue weighted by Gasteiger charge is -2.14. The minimum atomic E-state index is 0.340. The molecule has 1 saturated heterocycles. The number of rotatable bonds is 8. The highest BCUT2D eigenvalue weighted by Crippen LogP contribution is 2.11. The fourth-order valence-corrected chi connectivity index (χ4v) is 2.18. The van der Waals surface area contributed by atoms with Gasteiger partial charge in [-0.2, -0.15) is 0 Å². The van der Waals surface area contributed by atoms with Crippen LogP contribution >= 0.6 is 0 Å². The van der Waals surface area contributed by atoms with E-state index in [2.05, 4.69) is 13.8 Å². The van der Waals surface area contributed by atoms with Crippen LogP contribution in [-0.2, 0) is 9.53 Å². The Morgan fingerprint density at radius 1 is 1.12 bits per heavy atom. The number of likely N-dealkylation sites (tertiary alicyclic amines) is 1. The molecular weight excluding hydrogens is 214 g/mol. The molecule has 0 bridgehead atoms. The predicted octanol–water partition coefficient (Wildman–Crippen LogP) is 2.98. The first-order chi connectivity index (χ1) is 8.20. The zero-order chi connectivity index (χ0) is 12.5. The molecule has 1 fully saturated rings. The number of nitrogens with zero attached hydrogens (tertiary/aromatic N) is 1. The van der Waals surface area contributed by atoms with Crippen LogP contribution in [-0.4, -0.2) is 36.6 Å². The van der Waals surface area contributed by atoms with Gasteiger partial charge >= 0.3 is 0 Å². The third-order valence-electron chi connectivity index (χ3n) is 3.19. The van der Waals surface area contributed by atoms with Gasteiger partial charge in [0.2, 0.25) is 5.91 Å². The van der Waals surface area contributed by atoms with Crippen molar-refractivity contribution >= 4 is 5.91 Å². The van der Waals surface area contributed by atoms with E-state index in [0.29, 0.717) is 12.0 Å². The summed E-state index contributed by atoms with van der Waals surface area (Å²) in [4.78, 5) is 13.7. The Bertz CT molecular complexity index is 210. The first-order valence-corrected chi connectivity index (χ1v) is 7.09. The van der Waals surface area contributed by atoms with Gasteiger partial charge in [-0.05, 0) is 39.5 Å². The summed E-state index contributed by atoms with van der Waals surface area (Å²) in [6.45, 7) is 6.96. The zero-order valence-electron chi connectivity index (χ0n) is 11.4. The molecule has 1 aliphatic rings. The molecular formula is C14H27NO2. The number of hydrogen-bond donors (Lipinski definition) is 0. The summed E-state index contributed by atoms with van der Waals surface area (Å²) in [6, 6.07) is 0. The molecule has 0 N–H and O–H groups in total. The molecule has 0 aromatic rings. The third-order valence-corrected chi connectivity index (χ3v) is 3.19. The van der Waals surface area contributed by atoms with E-state index in [4.69, 9.17) is 4.74 Å². The Hall–Kier alpha value is -0.570. The van der Waals surface area contributed by atoms with Gasteiger partial charge in [-0.25, -0.2) is 0 Å². The van der Waals surface area contributed by atoms with Crippen LogP contribution < -0.4 is 0 Å². The van der Waals surface area contributed by atoms with Crippen molar-refractivity contribution in [1.82, 2.24) is 4.90 Å². The summed E-state index contributed by atoms with van der Waals surface area (Å²) in [6.07, 6.45) is 7.96. The van der Waals surface area contributed by atoms with E-state index in [-0.39, 0.29) is 0 Å². The maximum absolute atomic E-state index is 11.7. The van der Waals surface area contributed by atoms with E-state index in [1.54, 1.807) is 0 Å². The van der Waals surface area contributed by atoms with Gasteiger partial charge < -0.3 is 9.64 Å². The van der Waals surface area contributed by atoms with Crippen molar-refractivity contribution in [1.29, 1.82) is 0 Å². The van der Waals surface area contributed by atoms with Crippen molar-refractivity contribution in [2.24, 2.45) is 0 Å². The molecule has 0 unspecified atom stereocenters. The van der Waals surface area contributed by atoms with Crippen LogP contribution in [0.4, 0.5) is 0 Å². The number of amides is 1. The second-order valence-electron chi connectivity index (χ2n) is 5.17. The van der Waals surface area contributed by atoms with Gasteiger partial charge in [0.05, 0.1) is 6.10 Å². The van der Waals surface area contributed by atoms with Crippen molar-refractivity contribution in [3.8, 4) is 0 Å². The number of carbonyl (C=O) groups excluding carboxylic acids is 1. The van der Waals surface area contributed by atoms with Crippen LogP contribution in [0, 0.1) is 0 Å². The highest BCUT2D eigenvalue weighted by Gasteiger charge is 2.16. The molecule has 1 heterocycles. The van der Waals surface area contributed by atoms with E-state index >= 15 is 0 Å². The molecule has 0 saturated carbocycles. The lowest BCUT2D eigenvalue weighted by atomic mass is 10.1. The van der Waals surface area contributed by atoms with Crippen LogP contribution in [0.15, 0.2) is 0 Å². The summed E-state index contributed by atoms with van der Waals surface area (Å²) in [7, 11) is 0. The largest absolute Gasteiger partial charge is 0.379 e. The van der Waals surface area contributed by atoms with Crippen LogP contribution in [0.1, 0.15) is 58.8 Å². The summed E-state index contributed by atoms with van der Waals surface area (Å²) < 4.78 is 5.48. The van der Waals surface area contributed by atoms with Crippen LogP contribution in [0.3, 0.4) is 0 Å². The van der Waals surface area contributed by atoms with E-state index in [0.717, 1.165) is 45.4 Å². The van der Waals surface area contributed by atoms with Gasteiger partial charge in [0.25, 0.3) is 0 Å². The highest BCUT2D eigenvalue weighted by atomic mass is 16.5. The van der Waals surface area contributed by atoms with E-state index < -0.39 is 0 Å². The van der Waals surface area contributed by atoms with Gasteiger partial charge in [-0.1, -0.05) is 12.8 Å². The number of unbranched alkanes of at least 4 members (excludes halogenated alkanes) is 3. The van der Waals surface area contributed by atoms with Crippen molar-refractivity contribution < 1.29 is 9.53 Å². The maximum Gasteiger partial charge on any atom is 0.222 e. The molecule has 0 radical (unpaired) electrons. The molecule has 0 aliphatic carbocycles. The molecule has 1 aliphatic heterocycles. The topological polar surface area (TPSA) is 29.5 Å². The zero-order valence-corrected chi connectivity index (χ0v) is 11.4. The molecule has 0 aromatic carbocycles. The van der Waals surface area contributed by atoms with Crippen molar-refractivity contribution in [3.05, 3.63) is 0 Å². The minimum absolute atomic E-state index is 0.340. The van der Waals surface area contributed by atoms with Gasteiger partial charge in [-0.3, -0.25) is 4.79 Å². The second-order valence-corrected chi connectivity index (χ2v) is 5.17. The fraction of sp³-hybridized carbons (Fsp3) is 0.929. The van der Waals surface area contributed by atoms with E-state index in [1.165, 1.54) is 19.3 Å². The Morgan fingerprint density at radius 3 is 2.41 bits per heavy atom. The third kappa shape index (κ3) is 6.67. The Balaban J connectivity index is 1.88. The van der Waals surface area contributed by atoms with E-state index in [1.807, 2.05) is 4.90 Å². The lowest BCUT2D eigenvalue weighted by molar-refractivity contribution is -0.130. The first kappa shape index (κ1) is 14.5. The van der Waals surface area contributed by atoms with Gasteiger partial charge in [0, 0.05) is 26.1 Å². The average molecular weight is 241 g/mol. The highest BCUT2D eigenvalue weighted by molar-refractivity contribution is 5.76. The quantitative estimate of drug-likeness (QED) is 0.611. The molecule has 17 heavy (non-hydrogen) atoms. The monoisotopic (exact) mass is 241 g/mol. The summed E-state index contributed by atoms with van der Waals surface area (Å²) in [5, 5.41) is 0. The molecule has 0 atom stereocenters. The molecule has 100 valence electrons. The Labute approximate surface area is 106 Å². The minimum Gasteiger partial charge on any atom is -0.379 e. The summed E-state index contributed by atoms with van der Waals surface area (Å²) in [5.74, 6) is 0.362. The van der Waals surface area contributed by atoms with Crippen molar-refractivity contribution in [3.63, 3.8) is 0 Å². The predicted molar refractivity (Wildman–Crippen MR) is 70.0 cm³/mol. The van der Waals surface area contributed by atoms with Crippen LogP contribution in [0.25, 0.3) is 0 Å². The second kappa shape index (κ2) is 8.51. The fourth-order valence-electron chi connectivity index (χ4n) is 2.18. The van der Waals surface area contributed by atoms with Crippen LogP contribution in [0.5, 0.6) is 0 Å². The van der Waals surface area contributed by atoms with Crippen molar-refractivity contribution in [2.45, 2.75) is 64.9 Å². The molecule has 0 aromatic heterocycles. The SMILES string of the molecule is CC(C)OCCCCCCC(=O)N1CCCC1. The average Bonchev–Trinajstić information content (AvgIpc) is 2.80. The van der Waals surface area contributed by atoms with Gasteiger partial charge in [0.15, 0.2) is 0 Å². The molecule has 3 nitrogen and oxygen atoms in total. The molecule has 3 heteroatoms. The van der Waals surface area contributed by atoms with Gasteiger partial charge in [-0.15, -0.1) is 0 Å². The summed E-state index contributed by atoms with van der Waals surface area (Å²) in [5.41, 5.74) is 0. The standard InChI is InChI=1S/C14H27NO2/c1-13(2)17-12-8-4-3-5-9-14(16)15-10-6-7-11-15/h13H,3-12H2,1-2H3.